The first-order chi connectivity index (χ1) is 14.8. The third-order valence-electron chi connectivity index (χ3n) is 3.86. The fraction of sp³-hybridized carbons (Fsp3) is 0.565. The Morgan fingerprint density at radius 3 is 2.03 bits per heavy atom. The van der Waals surface area contributed by atoms with Crippen LogP contribution in [-0.4, -0.2) is 56.2 Å². The number of benzene rings is 1. The van der Waals surface area contributed by atoms with Crippen molar-refractivity contribution >= 4 is 24.0 Å². The van der Waals surface area contributed by atoms with Crippen LogP contribution in [0.4, 0.5) is 0 Å². The summed E-state index contributed by atoms with van der Waals surface area (Å²) in [5.41, 5.74) is 0.942. The molecule has 176 valence electrons. The van der Waals surface area contributed by atoms with Crippen LogP contribution < -0.4 is 21.3 Å². The van der Waals surface area contributed by atoms with E-state index in [2.05, 4.69) is 21.3 Å². The van der Waals surface area contributed by atoms with Gasteiger partial charge in [0.15, 0.2) is 5.78 Å². The van der Waals surface area contributed by atoms with E-state index in [1.54, 1.807) is 13.8 Å². The number of carbonyl (C=O) groups excluding carboxylic acids is 4. The van der Waals surface area contributed by atoms with Crippen LogP contribution >= 0.6 is 0 Å². The van der Waals surface area contributed by atoms with Gasteiger partial charge in [0.2, 0.25) is 18.2 Å². The predicted molar refractivity (Wildman–Crippen MR) is 125 cm³/mol. The van der Waals surface area contributed by atoms with Crippen molar-refractivity contribution in [3.05, 3.63) is 35.9 Å². The molecule has 4 N–H and O–H groups in total. The van der Waals surface area contributed by atoms with Gasteiger partial charge in [0.25, 0.3) is 0 Å². The number of rotatable bonds is 12. The molecular formula is C23H40N4O4. The van der Waals surface area contributed by atoms with Gasteiger partial charge in [-0.05, 0) is 19.0 Å². The number of Topliss-reactive ketones (excluding diaryl/α,β-unsaturated/α-hetero) is 1. The van der Waals surface area contributed by atoms with Crippen molar-refractivity contribution in [1.29, 1.82) is 0 Å². The lowest BCUT2D eigenvalue weighted by molar-refractivity contribution is -0.128. The van der Waals surface area contributed by atoms with E-state index in [1.807, 2.05) is 58.0 Å². The molecule has 8 heteroatoms. The van der Waals surface area contributed by atoms with Gasteiger partial charge in [0.05, 0.1) is 13.1 Å². The lowest BCUT2D eigenvalue weighted by atomic mass is 10.0. The molecule has 1 atom stereocenters. The van der Waals surface area contributed by atoms with Crippen molar-refractivity contribution in [2.75, 3.05) is 26.2 Å². The van der Waals surface area contributed by atoms with Gasteiger partial charge in [-0.2, -0.15) is 0 Å². The lowest BCUT2D eigenvalue weighted by Gasteiger charge is -2.16. The van der Waals surface area contributed by atoms with Crippen LogP contribution in [0.15, 0.2) is 30.3 Å². The van der Waals surface area contributed by atoms with Crippen molar-refractivity contribution in [2.45, 2.75) is 54.0 Å². The smallest absolute Gasteiger partial charge is 0.243 e. The van der Waals surface area contributed by atoms with Crippen molar-refractivity contribution in [1.82, 2.24) is 21.3 Å². The minimum atomic E-state index is -0.671. The molecule has 0 spiro atoms. The molecule has 1 unspecified atom stereocenters. The molecule has 31 heavy (non-hydrogen) atoms. The molecule has 0 fully saturated rings. The fourth-order valence-corrected chi connectivity index (χ4v) is 2.16. The van der Waals surface area contributed by atoms with Gasteiger partial charge < -0.3 is 21.3 Å². The Labute approximate surface area is 186 Å². The van der Waals surface area contributed by atoms with E-state index in [0.717, 1.165) is 12.1 Å². The zero-order valence-corrected chi connectivity index (χ0v) is 19.8. The number of nitrogens with one attached hydrogen (secondary N) is 4. The molecule has 0 saturated carbocycles. The largest absolute Gasteiger partial charge is 0.355 e. The van der Waals surface area contributed by atoms with Crippen LogP contribution in [0.25, 0.3) is 0 Å². The SMILES string of the molecule is CC.CC(C)C(=O)CNC(=O)C(Cc1ccccc1)NC=O.CCNCC(=O)NCC. The first kappa shape index (κ1) is 30.5. The summed E-state index contributed by atoms with van der Waals surface area (Å²) in [6.45, 7) is 13.4. The average molecular weight is 437 g/mol. The molecule has 0 aliphatic carbocycles. The molecule has 0 heterocycles. The minimum absolute atomic E-state index is 0.0116. The molecule has 0 saturated heterocycles. The molecule has 1 aromatic carbocycles. The summed E-state index contributed by atoms with van der Waals surface area (Å²) in [6, 6.07) is 8.71. The Morgan fingerprint density at radius 2 is 1.55 bits per heavy atom. The maximum absolute atomic E-state index is 12.0. The van der Waals surface area contributed by atoms with E-state index in [9.17, 15) is 19.2 Å². The Kier molecular flexibility index (Phi) is 20.2. The first-order valence-corrected chi connectivity index (χ1v) is 10.9. The van der Waals surface area contributed by atoms with Gasteiger partial charge in [0.1, 0.15) is 6.04 Å². The van der Waals surface area contributed by atoms with E-state index >= 15 is 0 Å². The first-order valence-electron chi connectivity index (χ1n) is 10.9. The van der Waals surface area contributed by atoms with Gasteiger partial charge in [-0.15, -0.1) is 0 Å². The molecular weight excluding hydrogens is 396 g/mol. The zero-order chi connectivity index (χ0) is 24.1. The number of ketones is 1. The Morgan fingerprint density at radius 1 is 0.935 bits per heavy atom. The summed E-state index contributed by atoms with van der Waals surface area (Å²) >= 11 is 0. The summed E-state index contributed by atoms with van der Waals surface area (Å²) in [4.78, 5) is 44.7. The third-order valence-corrected chi connectivity index (χ3v) is 3.86. The van der Waals surface area contributed by atoms with Gasteiger partial charge in [-0.1, -0.05) is 65.0 Å². The van der Waals surface area contributed by atoms with Crippen LogP contribution in [0.1, 0.15) is 47.1 Å². The van der Waals surface area contributed by atoms with Crippen LogP contribution in [0.2, 0.25) is 0 Å². The number of amides is 3. The Balaban J connectivity index is 0. The van der Waals surface area contributed by atoms with E-state index in [0.29, 0.717) is 25.9 Å². The normalized spacial score (nSPS) is 10.4. The second-order valence-corrected chi connectivity index (χ2v) is 6.60. The average Bonchev–Trinajstić information content (AvgIpc) is 2.78. The fourth-order valence-electron chi connectivity index (χ4n) is 2.16. The number of hydrogen-bond acceptors (Lipinski definition) is 5. The predicted octanol–water partition coefficient (Wildman–Crippen LogP) is 1.44. The van der Waals surface area contributed by atoms with Crippen LogP contribution in [0.3, 0.4) is 0 Å². The van der Waals surface area contributed by atoms with Crippen LogP contribution in [-0.2, 0) is 25.6 Å². The summed E-state index contributed by atoms with van der Waals surface area (Å²) in [6.07, 6.45) is 0.888. The molecule has 8 nitrogen and oxygen atoms in total. The van der Waals surface area contributed by atoms with E-state index in [1.165, 1.54) is 0 Å². The van der Waals surface area contributed by atoms with Crippen molar-refractivity contribution in [3.63, 3.8) is 0 Å². The van der Waals surface area contributed by atoms with Gasteiger partial charge in [0, 0.05) is 18.9 Å². The summed E-state index contributed by atoms with van der Waals surface area (Å²) in [7, 11) is 0. The highest BCUT2D eigenvalue weighted by atomic mass is 16.2. The van der Waals surface area contributed by atoms with Gasteiger partial charge in [-0.25, -0.2) is 0 Å². The second kappa shape index (κ2) is 20.5. The van der Waals surface area contributed by atoms with Crippen LogP contribution in [0.5, 0.6) is 0 Å². The number of carbonyl (C=O) groups is 4. The van der Waals surface area contributed by atoms with Gasteiger partial charge >= 0.3 is 0 Å². The maximum atomic E-state index is 12.0. The Hall–Kier alpha value is -2.74. The maximum Gasteiger partial charge on any atom is 0.243 e. The molecule has 0 bridgehead atoms. The Bertz CT molecular complexity index is 621. The molecule has 0 aromatic heterocycles. The topological polar surface area (TPSA) is 116 Å². The van der Waals surface area contributed by atoms with Crippen molar-refractivity contribution in [3.8, 4) is 0 Å². The van der Waals surface area contributed by atoms with Gasteiger partial charge in [-0.3, -0.25) is 19.2 Å². The molecule has 1 rings (SSSR count). The molecule has 0 aliphatic heterocycles. The molecule has 0 radical (unpaired) electrons. The highest BCUT2D eigenvalue weighted by Crippen LogP contribution is 2.03. The lowest BCUT2D eigenvalue weighted by Crippen LogP contribution is -2.46. The van der Waals surface area contributed by atoms with E-state index < -0.39 is 6.04 Å². The van der Waals surface area contributed by atoms with E-state index in [4.69, 9.17) is 0 Å². The number of hydrogen-bond donors (Lipinski definition) is 4. The van der Waals surface area contributed by atoms with E-state index in [-0.39, 0.29) is 30.1 Å². The van der Waals surface area contributed by atoms with Crippen molar-refractivity contribution in [2.24, 2.45) is 5.92 Å². The quantitative estimate of drug-likeness (QED) is 0.370. The highest BCUT2D eigenvalue weighted by molar-refractivity contribution is 5.90. The third kappa shape index (κ3) is 16.7. The monoisotopic (exact) mass is 436 g/mol. The molecule has 0 aliphatic rings. The van der Waals surface area contributed by atoms with Crippen molar-refractivity contribution < 1.29 is 19.2 Å². The number of likely N-dealkylation sites (N-methyl/N-ethyl adjacent to an activating group) is 2. The molecule has 3 amide bonds. The minimum Gasteiger partial charge on any atom is -0.355 e. The zero-order valence-electron chi connectivity index (χ0n) is 19.8. The molecule has 1 aromatic rings. The highest BCUT2D eigenvalue weighted by Gasteiger charge is 2.19. The summed E-state index contributed by atoms with van der Waals surface area (Å²) < 4.78 is 0. The standard InChI is InChI=1S/C15H20N2O3.C6H14N2O.C2H6/c1-11(2)14(19)9-16-15(20)13(17-10-18)8-12-6-4-3-5-7-12;1-3-7-5-6(9)8-4-2;1-2/h3-7,10-11,13H,8-9H2,1-2H3,(H,16,20)(H,17,18);7H,3-5H2,1-2H3,(H,8,9);1-2H3. The second-order valence-electron chi connectivity index (χ2n) is 6.60. The summed E-state index contributed by atoms with van der Waals surface area (Å²) in [5.74, 6) is -0.445. The van der Waals surface area contributed by atoms with Crippen LogP contribution in [0, 0.1) is 5.92 Å². The summed E-state index contributed by atoms with van der Waals surface area (Å²) in [5, 5.41) is 10.6.